The van der Waals surface area contributed by atoms with Gasteiger partial charge in [0.05, 0.1) is 5.69 Å². The Hall–Kier alpha value is -4.01. The highest BCUT2D eigenvalue weighted by molar-refractivity contribution is 5.99. The summed E-state index contributed by atoms with van der Waals surface area (Å²) >= 11 is 0. The molecule has 2 heterocycles. The van der Waals surface area contributed by atoms with Crippen molar-refractivity contribution in [3.63, 3.8) is 0 Å². The van der Waals surface area contributed by atoms with E-state index in [1.54, 1.807) is 38.2 Å². The number of fused-ring (bicyclic) bond motifs is 1. The number of carbonyl (C=O) groups is 1. The van der Waals surface area contributed by atoms with Gasteiger partial charge in [-0.2, -0.15) is 0 Å². The molecule has 0 spiro atoms. The molecule has 9 nitrogen and oxygen atoms in total. The quantitative estimate of drug-likeness (QED) is 0.531. The first-order valence-corrected chi connectivity index (χ1v) is 11.4. The number of nitrogens with one attached hydrogen (secondary N) is 2. The van der Waals surface area contributed by atoms with Crippen LogP contribution in [0.5, 0.6) is 11.5 Å². The third kappa shape index (κ3) is 3.77. The first-order chi connectivity index (χ1) is 16.5. The van der Waals surface area contributed by atoms with Gasteiger partial charge in [0.2, 0.25) is 0 Å². The molecule has 3 N–H and O–H groups in total. The lowest BCUT2D eigenvalue weighted by Crippen LogP contribution is -2.49. The van der Waals surface area contributed by atoms with E-state index in [9.17, 15) is 19.5 Å². The van der Waals surface area contributed by atoms with Gasteiger partial charge in [0.15, 0.2) is 5.60 Å². The highest BCUT2D eigenvalue weighted by atomic mass is 16.5. The number of ether oxygens (including phenoxy) is 1. The van der Waals surface area contributed by atoms with Gasteiger partial charge in [0.1, 0.15) is 23.0 Å². The number of phenols is 1. The number of hydrogen-bond acceptors (Lipinski definition) is 6. The number of carbonyl (C=O) groups excluding carboxylic acids is 1. The van der Waals surface area contributed by atoms with Crippen molar-refractivity contribution < 1.29 is 14.6 Å². The van der Waals surface area contributed by atoms with E-state index in [1.165, 1.54) is 11.6 Å². The minimum atomic E-state index is -1.27. The average Bonchev–Trinajstić information content (AvgIpc) is 2.86. The van der Waals surface area contributed by atoms with Crippen molar-refractivity contribution in [3.8, 4) is 17.2 Å². The molecule has 1 aliphatic rings. The van der Waals surface area contributed by atoms with Crippen molar-refractivity contribution in [2.75, 3.05) is 17.7 Å². The van der Waals surface area contributed by atoms with Crippen LogP contribution in [0.2, 0.25) is 0 Å². The molecule has 184 valence electrons. The van der Waals surface area contributed by atoms with E-state index in [0.29, 0.717) is 29.8 Å². The van der Waals surface area contributed by atoms with Crippen LogP contribution in [-0.2, 0) is 18.3 Å². The molecule has 1 aromatic heterocycles. The van der Waals surface area contributed by atoms with E-state index in [2.05, 4.69) is 10.6 Å². The monoisotopic (exact) mass is 478 g/mol. The number of phenolic OH excluding ortho intramolecular Hbond substituents is 1. The number of anilines is 2. The predicted molar refractivity (Wildman–Crippen MR) is 135 cm³/mol. The molecule has 1 atom stereocenters. The summed E-state index contributed by atoms with van der Waals surface area (Å²) in [5.74, 6) is 0.490. The second-order valence-corrected chi connectivity index (χ2v) is 9.11. The third-order valence-corrected chi connectivity index (χ3v) is 6.95. The van der Waals surface area contributed by atoms with E-state index < -0.39 is 22.8 Å². The maximum absolute atomic E-state index is 13.6. The number of nitrogens with zero attached hydrogens (tertiary/aromatic N) is 2. The van der Waals surface area contributed by atoms with Gasteiger partial charge in [-0.15, -0.1) is 0 Å². The van der Waals surface area contributed by atoms with Gasteiger partial charge in [0.25, 0.3) is 11.5 Å². The molecular formula is C26H30N4O5. The fraction of sp³-hybridized carbons (Fsp3) is 0.346. The Morgan fingerprint density at radius 1 is 1.09 bits per heavy atom. The first kappa shape index (κ1) is 24.1. The summed E-state index contributed by atoms with van der Waals surface area (Å²) in [6, 6.07) is 8.86. The predicted octanol–water partition coefficient (Wildman–Crippen LogP) is 2.93. The van der Waals surface area contributed by atoms with Crippen molar-refractivity contribution in [1.82, 2.24) is 9.13 Å². The topological polar surface area (TPSA) is 115 Å². The molecule has 35 heavy (non-hydrogen) atoms. The molecule has 0 bridgehead atoms. The van der Waals surface area contributed by atoms with Crippen molar-refractivity contribution in [2.45, 2.75) is 46.1 Å². The number of hydrogen-bond donors (Lipinski definition) is 3. The van der Waals surface area contributed by atoms with E-state index in [1.807, 2.05) is 26.8 Å². The molecule has 0 saturated carbocycles. The van der Waals surface area contributed by atoms with Gasteiger partial charge in [0, 0.05) is 26.1 Å². The molecule has 4 rings (SSSR count). The van der Waals surface area contributed by atoms with Gasteiger partial charge < -0.3 is 20.5 Å². The van der Waals surface area contributed by atoms with Gasteiger partial charge in [-0.25, -0.2) is 9.36 Å². The molecule has 0 aliphatic carbocycles. The minimum absolute atomic E-state index is 0.0473. The normalized spacial score (nSPS) is 16.9. The third-order valence-electron chi connectivity index (χ3n) is 6.95. The number of benzene rings is 2. The van der Waals surface area contributed by atoms with Crippen LogP contribution in [0, 0.1) is 20.8 Å². The summed E-state index contributed by atoms with van der Waals surface area (Å²) in [6.45, 7) is 7.17. The van der Waals surface area contributed by atoms with Crippen LogP contribution in [0.15, 0.2) is 39.9 Å². The van der Waals surface area contributed by atoms with Gasteiger partial charge in [-0.3, -0.25) is 14.2 Å². The van der Waals surface area contributed by atoms with Gasteiger partial charge in [-0.1, -0.05) is 18.2 Å². The maximum atomic E-state index is 13.6. The van der Waals surface area contributed by atoms with Crippen LogP contribution in [0.3, 0.4) is 0 Å². The largest absolute Gasteiger partial charge is 0.507 e. The second-order valence-electron chi connectivity index (χ2n) is 9.11. The van der Waals surface area contributed by atoms with Crippen molar-refractivity contribution in [1.29, 1.82) is 0 Å². The Morgan fingerprint density at radius 3 is 2.37 bits per heavy atom. The van der Waals surface area contributed by atoms with Crippen molar-refractivity contribution in [3.05, 3.63) is 73.4 Å². The smallest absolute Gasteiger partial charge is 0.337 e. The van der Waals surface area contributed by atoms with Gasteiger partial charge >= 0.3 is 5.69 Å². The highest BCUT2D eigenvalue weighted by Gasteiger charge is 2.41. The van der Waals surface area contributed by atoms with Crippen LogP contribution in [0.25, 0.3) is 5.69 Å². The molecule has 2 aromatic carbocycles. The van der Waals surface area contributed by atoms with Crippen LogP contribution < -0.4 is 26.6 Å². The lowest BCUT2D eigenvalue weighted by molar-refractivity contribution is -0.131. The van der Waals surface area contributed by atoms with Crippen LogP contribution in [-0.4, -0.2) is 32.8 Å². The average molecular weight is 479 g/mol. The Morgan fingerprint density at radius 2 is 1.74 bits per heavy atom. The number of amides is 1. The lowest BCUT2D eigenvalue weighted by Gasteiger charge is -2.36. The summed E-state index contributed by atoms with van der Waals surface area (Å²) in [7, 11) is 2.95. The zero-order valence-corrected chi connectivity index (χ0v) is 20.8. The van der Waals surface area contributed by atoms with Crippen LogP contribution in [0.4, 0.5) is 11.5 Å². The summed E-state index contributed by atoms with van der Waals surface area (Å²) < 4.78 is 8.57. The lowest BCUT2D eigenvalue weighted by atomic mass is 9.86. The van der Waals surface area contributed by atoms with Gasteiger partial charge in [-0.05, 0) is 62.9 Å². The Kier molecular flexibility index (Phi) is 5.96. The van der Waals surface area contributed by atoms with E-state index >= 15 is 0 Å². The summed E-state index contributed by atoms with van der Waals surface area (Å²) in [6.07, 6.45) is 0.877. The highest BCUT2D eigenvalue weighted by Crippen LogP contribution is 2.43. The molecule has 1 unspecified atom stereocenters. The summed E-state index contributed by atoms with van der Waals surface area (Å²) in [5, 5.41) is 16.1. The molecule has 3 aromatic rings. The Balaban J connectivity index is 1.78. The summed E-state index contributed by atoms with van der Waals surface area (Å²) in [4.78, 5) is 39.6. The fourth-order valence-electron chi connectivity index (χ4n) is 4.53. The molecule has 9 heteroatoms. The Labute approximate surface area is 203 Å². The fourth-order valence-corrected chi connectivity index (χ4v) is 4.53. The Bertz CT molecular complexity index is 1460. The van der Waals surface area contributed by atoms with E-state index in [-0.39, 0.29) is 17.3 Å². The minimum Gasteiger partial charge on any atom is -0.507 e. The van der Waals surface area contributed by atoms with Crippen LogP contribution >= 0.6 is 0 Å². The second kappa shape index (κ2) is 8.65. The molecule has 0 radical (unpaired) electrons. The SMILES string of the molecule is CNc1c(NC(=O)C2(C)CCc3c(C)c(O)c(C)c(C)c3O2)c(=O)n(C)c(=O)n1-c1ccccc1. The maximum Gasteiger partial charge on any atom is 0.337 e. The zero-order valence-electron chi connectivity index (χ0n) is 20.8. The number of para-hydroxylation sites is 1. The molecule has 0 fully saturated rings. The summed E-state index contributed by atoms with van der Waals surface area (Å²) in [5.41, 5.74) is 1.14. The zero-order chi connectivity index (χ0) is 25.7. The van der Waals surface area contributed by atoms with Crippen molar-refractivity contribution >= 4 is 17.4 Å². The number of aromatic nitrogens is 2. The number of aromatic hydroxyl groups is 1. The first-order valence-electron chi connectivity index (χ1n) is 11.4. The van der Waals surface area contributed by atoms with E-state index in [4.69, 9.17) is 4.74 Å². The molecule has 0 saturated heterocycles. The van der Waals surface area contributed by atoms with Crippen molar-refractivity contribution in [2.24, 2.45) is 7.05 Å². The molecule has 1 amide bonds. The standard InChI is InChI=1S/C26H30N4O5/c1-14-15(2)21-18(16(3)20(14)31)12-13-26(4,35-21)24(33)28-19-22(27-5)30(17-10-8-7-9-11-17)25(34)29(6)23(19)32/h7-11,27,31H,12-13H2,1-6H3,(H,28,33). The molecule has 1 aliphatic heterocycles. The molecular weight excluding hydrogens is 448 g/mol. The van der Waals surface area contributed by atoms with Crippen LogP contribution in [0.1, 0.15) is 35.6 Å². The number of rotatable bonds is 4. The van der Waals surface area contributed by atoms with E-state index in [0.717, 1.165) is 21.3 Å².